The standard InChI is InChI=1S/C23H19F2N5O2/c1-13-17(10-27-29(13)2)18-12-30(11-14-5-3-4-6-16(14)18)23(31)20-8-21(32-28-20)22-19(25)7-15(24)9-26-22/h3-10,18H,11-12H2,1-2H3. The Hall–Kier alpha value is -3.88. The molecule has 0 N–H and O–H groups in total. The predicted octanol–water partition coefficient (Wildman–Crippen LogP) is 3.84. The van der Waals surface area contributed by atoms with Gasteiger partial charge in [-0.25, -0.2) is 13.8 Å². The molecule has 9 heteroatoms. The molecule has 0 radical (unpaired) electrons. The number of fused-ring (bicyclic) bond motifs is 1. The fraction of sp³-hybridized carbons (Fsp3) is 0.217. The smallest absolute Gasteiger partial charge is 0.276 e. The summed E-state index contributed by atoms with van der Waals surface area (Å²) in [5, 5.41) is 8.18. The number of carbonyl (C=O) groups is 1. The molecule has 1 aliphatic rings. The van der Waals surface area contributed by atoms with Crippen molar-refractivity contribution in [3.8, 4) is 11.5 Å². The van der Waals surface area contributed by atoms with Gasteiger partial charge >= 0.3 is 0 Å². The van der Waals surface area contributed by atoms with Gasteiger partial charge < -0.3 is 9.42 Å². The first-order valence-corrected chi connectivity index (χ1v) is 10.1. The Kier molecular flexibility index (Phi) is 4.80. The third kappa shape index (κ3) is 3.35. The maximum atomic E-state index is 14.1. The summed E-state index contributed by atoms with van der Waals surface area (Å²) in [6.07, 6.45) is 2.72. The summed E-state index contributed by atoms with van der Waals surface area (Å²) in [5.41, 5.74) is 4.11. The fourth-order valence-electron chi connectivity index (χ4n) is 4.13. The van der Waals surface area contributed by atoms with Gasteiger partial charge in [-0.15, -0.1) is 0 Å². The number of aromatic nitrogens is 4. The van der Waals surface area contributed by atoms with E-state index in [2.05, 4.69) is 21.3 Å². The first-order chi connectivity index (χ1) is 15.4. The number of hydrogen-bond donors (Lipinski definition) is 0. The quantitative estimate of drug-likeness (QED) is 0.489. The molecule has 1 aromatic carbocycles. The highest BCUT2D eigenvalue weighted by molar-refractivity contribution is 5.93. The summed E-state index contributed by atoms with van der Waals surface area (Å²) >= 11 is 0. The van der Waals surface area contributed by atoms with Crippen LogP contribution in [0.2, 0.25) is 0 Å². The molecule has 1 unspecified atom stereocenters. The van der Waals surface area contributed by atoms with E-state index in [1.807, 2.05) is 43.0 Å². The van der Waals surface area contributed by atoms with Crippen molar-refractivity contribution in [1.82, 2.24) is 24.8 Å². The zero-order chi connectivity index (χ0) is 22.4. The normalized spacial score (nSPS) is 15.6. The maximum absolute atomic E-state index is 14.1. The summed E-state index contributed by atoms with van der Waals surface area (Å²) in [4.78, 5) is 18.7. The zero-order valence-corrected chi connectivity index (χ0v) is 17.4. The molecule has 32 heavy (non-hydrogen) atoms. The van der Waals surface area contributed by atoms with Crippen LogP contribution in [0, 0.1) is 18.6 Å². The molecule has 0 saturated heterocycles. The lowest BCUT2D eigenvalue weighted by molar-refractivity contribution is 0.0714. The van der Waals surface area contributed by atoms with E-state index in [9.17, 15) is 13.6 Å². The number of aryl methyl sites for hydroxylation is 1. The molecule has 1 amide bonds. The van der Waals surface area contributed by atoms with Crippen LogP contribution >= 0.6 is 0 Å². The van der Waals surface area contributed by atoms with E-state index in [0.717, 1.165) is 28.6 Å². The largest absolute Gasteiger partial charge is 0.354 e. The van der Waals surface area contributed by atoms with Crippen LogP contribution < -0.4 is 0 Å². The van der Waals surface area contributed by atoms with E-state index in [4.69, 9.17) is 4.52 Å². The fourth-order valence-corrected chi connectivity index (χ4v) is 4.13. The number of amides is 1. The molecule has 0 spiro atoms. The second kappa shape index (κ2) is 7.67. The van der Waals surface area contributed by atoms with Crippen molar-refractivity contribution in [2.45, 2.75) is 19.4 Å². The van der Waals surface area contributed by atoms with Crippen LogP contribution in [-0.2, 0) is 13.6 Å². The Bertz CT molecular complexity index is 1330. The van der Waals surface area contributed by atoms with Gasteiger partial charge in [0.25, 0.3) is 5.91 Å². The Morgan fingerprint density at radius 2 is 1.97 bits per heavy atom. The zero-order valence-electron chi connectivity index (χ0n) is 17.4. The van der Waals surface area contributed by atoms with E-state index in [0.29, 0.717) is 19.2 Å². The Morgan fingerprint density at radius 1 is 1.16 bits per heavy atom. The van der Waals surface area contributed by atoms with Crippen LogP contribution in [0.4, 0.5) is 8.78 Å². The third-order valence-corrected chi connectivity index (χ3v) is 5.90. The van der Waals surface area contributed by atoms with Crippen molar-refractivity contribution in [2.75, 3.05) is 6.54 Å². The lowest BCUT2D eigenvalue weighted by atomic mass is 9.85. The Balaban J connectivity index is 1.47. The van der Waals surface area contributed by atoms with Gasteiger partial charge in [0.2, 0.25) is 0 Å². The molecule has 0 aliphatic carbocycles. The van der Waals surface area contributed by atoms with Crippen molar-refractivity contribution in [1.29, 1.82) is 0 Å². The van der Waals surface area contributed by atoms with Crippen LogP contribution in [0.1, 0.15) is 38.8 Å². The summed E-state index contributed by atoms with van der Waals surface area (Å²) in [5.74, 6) is -2.11. The van der Waals surface area contributed by atoms with Crippen molar-refractivity contribution in [3.63, 3.8) is 0 Å². The number of pyridine rings is 1. The summed E-state index contributed by atoms with van der Waals surface area (Å²) in [7, 11) is 1.88. The molecule has 1 aliphatic heterocycles. The van der Waals surface area contributed by atoms with E-state index in [-0.39, 0.29) is 29.0 Å². The molecule has 4 aromatic rings. The SMILES string of the molecule is Cc1c(C2CN(C(=O)c3cc(-c4ncc(F)cc4F)on3)Cc3ccccc32)cnn1C. The Labute approximate surface area is 182 Å². The monoisotopic (exact) mass is 435 g/mol. The first kappa shape index (κ1) is 20.0. The summed E-state index contributed by atoms with van der Waals surface area (Å²) in [6, 6.07) is 10.0. The van der Waals surface area contributed by atoms with Gasteiger partial charge in [0, 0.05) is 49.4 Å². The van der Waals surface area contributed by atoms with Crippen molar-refractivity contribution in [2.24, 2.45) is 7.05 Å². The highest BCUT2D eigenvalue weighted by Gasteiger charge is 2.32. The van der Waals surface area contributed by atoms with Gasteiger partial charge in [0.1, 0.15) is 11.5 Å². The molecule has 4 heterocycles. The highest BCUT2D eigenvalue weighted by atomic mass is 19.1. The van der Waals surface area contributed by atoms with Gasteiger partial charge in [-0.3, -0.25) is 9.48 Å². The minimum Gasteiger partial charge on any atom is -0.354 e. The van der Waals surface area contributed by atoms with Crippen LogP contribution in [0.25, 0.3) is 11.5 Å². The van der Waals surface area contributed by atoms with E-state index in [1.54, 1.807) is 4.90 Å². The molecular formula is C23H19F2N5O2. The lowest BCUT2D eigenvalue weighted by Crippen LogP contribution is -2.38. The third-order valence-electron chi connectivity index (χ3n) is 5.90. The molecule has 0 fully saturated rings. The van der Waals surface area contributed by atoms with Crippen LogP contribution in [0.15, 0.2) is 53.3 Å². The predicted molar refractivity (Wildman–Crippen MR) is 111 cm³/mol. The number of hydrogen-bond acceptors (Lipinski definition) is 5. The molecule has 1 atom stereocenters. The van der Waals surface area contributed by atoms with Gasteiger partial charge in [-0.2, -0.15) is 5.10 Å². The minimum absolute atomic E-state index is 0.0339. The molecule has 0 saturated carbocycles. The molecule has 7 nitrogen and oxygen atoms in total. The van der Waals surface area contributed by atoms with Gasteiger partial charge in [0.15, 0.2) is 17.3 Å². The summed E-state index contributed by atoms with van der Waals surface area (Å²) in [6.45, 7) is 2.85. The van der Waals surface area contributed by atoms with E-state index in [1.165, 1.54) is 6.07 Å². The van der Waals surface area contributed by atoms with E-state index >= 15 is 0 Å². The summed E-state index contributed by atoms with van der Waals surface area (Å²) < 4.78 is 34.2. The molecular weight excluding hydrogens is 416 g/mol. The van der Waals surface area contributed by atoms with Gasteiger partial charge in [-0.05, 0) is 18.1 Å². The minimum atomic E-state index is -0.890. The van der Waals surface area contributed by atoms with Crippen molar-refractivity contribution >= 4 is 5.91 Å². The molecule has 3 aromatic heterocycles. The molecule has 5 rings (SSSR count). The second-order valence-electron chi connectivity index (χ2n) is 7.81. The number of carbonyl (C=O) groups excluding carboxylic acids is 1. The number of benzene rings is 1. The van der Waals surface area contributed by atoms with Crippen LogP contribution in [-0.4, -0.2) is 37.3 Å². The topological polar surface area (TPSA) is 77.1 Å². The highest BCUT2D eigenvalue weighted by Crippen LogP contribution is 2.35. The van der Waals surface area contributed by atoms with Gasteiger partial charge in [-0.1, -0.05) is 29.4 Å². The average Bonchev–Trinajstić information content (AvgIpc) is 3.40. The second-order valence-corrected chi connectivity index (χ2v) is 7.81. The van der Waals surface area contributed by atoms with E-state index < -0.39 is 11.6 Å². The van der Waals surface area contributed by atoms with Crippen molar-refractivity contribution < 1.29 is 18.1 Å². The number of halogens is 2. The first-order valence-electron chi connectivity index (χ1n) is 10.1. The molecule has 162 valence electrons. The lowest BCUT2D eigenvalue weighted by Gasteiger charge is -2.34. The molecule has 0 bridgehead atoms. The average molecular weight is 435 g/mol. The van der Waals surface area contributed by atoms with Crippen LogP contribution in [0.3, 0.4) is 0 Å². The van der Waals surface area contributed by atoms with Crippen LogP contribution in [0.5, 0.6) is 0 Å². The number of nitrogens with zero attached hydrogens (tertiary/aromatic N) is 5. The van der Waals surface area contributed by atoms with Crippen molar-refractivity contribution in [3.05, 3.63) is 88.5 Å². The maximum Gasteiger partial charge on any atom is 0.276 e. The number of rotatable bonds is 3. The Morgan fingerprint density at radius 3 is 2.72 bits per heavy atom. The van der Waals surface area contributed by atoms with Gasteiger partial charge in [0.05, 0.1) is 12.4 Å².